The van der Waals surface area contributed by atoms with Crippen molar-refractivity contribution in [3.05, 3.63) is 65.7 Å². The Hall–Kier alpha value is -2.29. The lowest BCUT2D eigenvalue weighted by molar-refractivity contribution is -0.122. The summed E-state index contributed by atoms with van der Waals surface area (Å²) in [7, 11) is 0. The number of carbonyl (C=O) groups excluding carboxylic acids is 1. The molecule has 0 aliphatic heterocycles. The molecule has 2 aromatic carbocycles. The third kappa shape index (κ3) is 4.35. The van der Waals surface area contributed by atoms with Gasteiger partial charge in [-0.1, -0.05) is 49.4 Å². The van der Waals surface area contributed by atoms with E-state index in [4.69, 9.17) is 0 Å². The molecule has 3 heteroatoms. The number of rotatable bonds is 6. The molecular weight excluding hydrogens is 272 g/mol. The first-order chi connectivity index (χ1) is 10.6. The van der Waals surface area contributed by atoms with Crippen LogP contribution in [-0.4, -0.2) is 11.9 Å². The molecular formula is C19H24N2O. The molecule has 2 unspecified atom stereocenters. The monoisotopic (exact) mass is 296 g/mol. The van der Waals surface area contributed by atoms with E-state index in [2.05, 4.69) is 29.7 Å². The second-order valence-electron chi connectivity index (χ2n) is 5.56. The first-order valence-electron chi connectivity index (χ1n) is 7.81. The molecule has 2 aromatic rings. The van der Waals surface area contributed by atoms with Gasteiger partial charge in [-0.2, -0.15) is 0 Å². The predicted octanol–water partition coefficient (Wildman–Crippen LogP) is 3.93. The summed E-state index contributed by atoms with van der Waals surface area (Å²) < 4.78 is 0. The summed E-state index contributed by atoms with van der Waals surface area (Å²) in [5, 5.41) is 6.28. The van der Waals surface area contributed by atoms with E-state index < -0.39 is 0 Å². The van der Waals surface area contributed by atoms with Crippen LogP contribution in [0.25, 0.3) is 0 Å². The lowest BCUT2D eigenvalue weighted by Crippen LogP contribution is -2.38. The Morgan fingerprint density at radius 2 is 1.64 bits per heavy atom. The Morgan fingerprint density at radius 1 is 1.00 bits per heavy atom. The molecule has 0 saturated heterocycles. The lowest BCUT2D eigenvalue weighted by atomic mass is 10.1. The fraction of sp³-hybridized carbons (Fsp3) is 0.316. The largest absolute Gasteiger partial charge is 0.374 e. The van der Waals surface area contributed by atoms with E-state index in [1.807, 2.05) is 56.3 Å². The topological polar surface area (TPSA) is 41.1 Å². The number of aryl methyl sites for hydroxylation is 1. The van der Waals surface area contributed by atoms with Gasteiger partial charge in [0.25, 0.3) is 0 Å². The van der Waals surface area contributed by atoms with Crippen molar-refractivity contribution in [2.75, 3.05) is 5.32 Å². The van der Waals surface area contributed by atoms with Crippen LogP contribution in [-0.2, 0) is 11.2 Å². The van der Waals surface area contributed by atoms with Crippen LogP contribution >= 0.6 is 0 Å². The van der Waals surface area contributed by atoms with Crippen molar-refractivity contribution in [3.8, 4) is 0 Å². The maximum Gasteiger partial charge on any atom is 0.242 e. The number of carbonyl (C=O) groups is 1. The Kier molecular flexibility index (Phi) is 5.59. The first kappa shape index (κ1) is 16.1. The van der Waals surface area contributed by atoms with Crippen LogP contribution in [0.1, 0.15) is 37.9 Å². The van der Waals surface area contributed by atoms with E-state index in [1.165, 1.54) is 5.56 Å². The molecule has 2 N–H and O–H groups in total. The number of hydrogen-bond donors (Lipinski definition) is 2. The summed E-state index contributed by atoms with van der Waals surface area (Å²) in [5.41, 5.74) is 3.36. The third-order valence-corrected chi connectivity index (χ3v) is 3.80. The Bertz CT molecular complexity index is 593. The second-order valence-corrected chi connectivity index (χ2v) is 5.56. The van der Waals surface area contributed by atoms with Gasteiger partial charge in [0.2, 0.25) is 5.91 Å². The molecule has 0 bridgehead atoms. The summed E-state index contributed by atoms with van der Waals surface area (Å²) in [6, 6.07) is 17.9. The van der Waals surface area contributed by atoms with Crippen molar-refractivity contribution in [1.82, 2.24) is 5.32 Å². The minimum absolute atomic E-state index is 0.000386. The molecule has 0 aliphatic carbocycles. The molecule has 3 nitrogen and oxygen atoms in total. The molecule has 2 atom stereocenters. The minimum atomic E-state index is -0.279. The van der Waals surface area contributed by atoms with Crippen LogP contribution in [0, 0.1) is 0 Å². The van der Waals surface area contributed by atoms with Crippen LogP contribution in [0.4, 0.5) is 5.69 Å². The highest BCUT2D eigenvalue weighted by Gasteiger charge is 2.15. The molecule has 0 aliphatic rings. The van der Waals surface area contributed by atoms with E-state index in [1.54, 1.807) is 0 Å². The molecule has 2 rings (SSSR count). The van der Waals surface area contributed by atoms with Gasteiger partial charge < -0.3 is 10.6 Å². The number of nitrogens with one attached hydrogen (secondary N) is 2. The summed E-state index contributed by atoms with van der Waals surface area (Å²) in [5.74, 6) is -0.00378. The van der Waals surface area contributed by atoms with Crippen molar-refractivity contribution >= 4 is 11.6 Å². The molecule has 0 saturated carbocycles. The van der Waals surface area contributed by atoms with Gasteiger partial charge in [-0.15, -0.1) is 0 Å². The lowest BCUT2D eigenvalue weighted by Gasteiger charge is -2.19. The minimum Gasteiger partial charge on any atom is -0.374 e. The number of benzene rings is 2. The molecule has 22 heavy (non-hydrogen) atoms. The van der Waals surface area contributed by atoms with Crippen molar-refractivity contribution < 1.29 is 4.79 Å². The van der Waals surface area contributed by atoms with Gasteiger partial charge in [-0.05, 0) is 43.5 Å². The van der Waals surface area contributed by atoms with Crippen LogP contribution in [0.15, 0.2) is 54.6 Å². The molecule has 0 fully saturated rings. The zero-order chi connectivity index (χ0) is 15.9. The van der Waals surface area contributed by atoms with Gasteiger partial charge in [0.05, 0.1) is 6.04 Å². The SMILES string of the molecule is CCc1ccc(NC(C)C(=O)NC(C)c2ccccc2)cc1. The van der Waals surface area contributed by atoms with E-state index in [0.29, 0.717) is 0 Å². The van der Waals surface area contributed by atoms with Crippen LogP contribution < -0.4 is 10.6 Å². The van der Waals surface area contributed by atoms with E-state index in [0.717, 1.165) is 17.7 Å². The summed E-state index contributed by atoms with van der Waals surface area (Å²) in [4.78, 5) is 12.3. The maximum absolute atomic E-state index is 12.3. The van der Waals surface area contributed by atoms with Gasteiger partial charge >= 0.3 is 0 Å². The fourth-order valence-corrected chi connectivity index (χ4v) is 2.32. The third-order valence-electron chi connectivity index (χ3n) is 3.80. The van der Waals surface area contributed by atoms with E-state index in [9.17, 15) is 4.79 Å². The van der Waals surface area contributed by atoms with Crippen molar-refractivity contribution in [2.24, 2.45) is 0 Å². The number of amides is 1. The van der Waals surface area contributed by atoms with Crippen LogP contribution in [0.3, 0.4) is 0 Å². The number of anilines is 1. The van der Waals surface area contributed by atoms with Gasteiger partial charge in [-0.3, -0.25) is 4.79 Å². The molecule has 0 heterocycles. The van der Waals surface area contributed by atoms with Crippen molar-refractivity contribution in [2.45, 2.75) is 39.3 Å². The van der Waals surface area contributed by atoms with Crippen LogP contribution in [0.2, 0.25) is 0 Å². The fourth-order valence-electron chi connectivity index (χ4n) is 2.32. The zero-order valence-corrected chi connectivity index (χ0v) is 13.5. The zero-order valence-electron chi connectivity index (χ0n) is 13.5. The average molecular weight is 296 g/mol. The molecule has 116 valence electrons. The van der Waals surface area contributed by atoms with Gasteiger partial charge in [0.1, 0.15) is 6.04 Å². The highest BCUT2D eigenvalue weighted by atomic mass is 16.2. The second kappa shape index (κ2) is 7.64. The smallest absolute Gasteiger partial charge is 0.242 e. The number of hydrogen-bond acceptors (Lipinski definition) is 2. The quantitative estimate of drug-likeness (QED) is 0.848. The highest BCUT2D eigenvalue weighted by Crippen LogP contribution is 2.13. The van der Waals surface area contributed by atoms with E-state index >= 15 is 0 Å². The van der Waals surface area contributed by atoms with Crippen molar-refractivity contribution in [3.63, 3.8) is 0 Å². The molecule has 1 amide bonds. The van der Waals surface area contributed by atoms with Gasteiger partial charge in [0, 0.05) is 5.69 Å². The van der Waals surface area contributed by atoms with Crippen molar-refractivity contribution in [1.29, 1.82) is 0 Å². The average Bonchev–Trinajstić information content (AvgIpc) is 2.56. The Labute approximate surface area is 132 Å². The molecule has 0 radical (unpaired) electrons. The first-order valence-corrected chi connectivity index (χ1v) is 7.81. The summed E-state index contributed by atoms with van der Waals surface area (Å²) in [6.45, 7) is 6.00. The standard InChI is InChI=1S/C19H24N2O/c1-4-16-10-12-18(13-11-16)20-15(3)19(22)21-14(2)17-8-6-5-7-9-17/h5-15,20H,4H2,1-3H3,(H,21,22). The van der Waals surface area contributed by atoms with E-state index in [-0.39, 0.29) is 18.0 Å². The molecule has 0 aromatic heterocycles. The van der Waals surface area contributed by atoms with Gasteiger partial charge in [-0.25, -0.2) is 0 Å². The normalized spacial score (nSPS) is 13.2. The predicted molar refractivity (Wildman–Crippen MR) is 91.9 cm³/mol. The highest BCUT2D eigenvalue weighted by molar-refractivity contribution is 5.84. The molecule has 0 spiro atoms. The Balaban J connectivity index is 1.91. The van der Waals surface area contributed by atoms with Crippen LogP contribution in [0.5, 0.6) is 0 Å². The summed E-state index contributed by atoms with van der Waals surface area (Å²) >= 11 is 0. The summed E-state index contributed by atoms with van der Waals surface area (Å²) in [6.07, 6.45) is 1.02. The maximum atomic E-state index is 12.3. The Morgan fingerprint density at radius 3 is 2.23 bits per heavy atom. The van der Waals surface area contributed by atoms with Gasteiger partial charge in [0.15, 0.2) is 0 Å².